The Labute approximate surface area is 133 Å². The number of hydrogen-bond acceptors (Lipinski definition) is 2. The van der Waals surface area contributed by atoms with E-state index < -0.39 is 6.10 Å². The maximum Gasteiger partial charge on any atom is 0.0776 e. The molecule has 1 N–H and O–H groups in total. The van der Waals surface area contributed by atoms with Gasteiger partial charge in [0, 0.05) is 14.8 Å². The highest BCUT2D eigenvalue weighted by atomic mass is 35.5. The van der Waals surface area contributed by atoms with Crippen LogP contribution in [0.2, 0.25) is 5.02 Å². The smallest absolute Gasteiger partial charge is 0.0776 e. The SMILES string of the molecule is CC(O)c1ccc(Sc2ccc3ccccc3c2)cc1Cl. The lowest BCUT2D eigenvalue weighted by atomic mass is 10.1. The van der Waals surface area contributed by atoms with Gasteiger partial charge >= 0.3 is 0 Å². The second-order valence-electron chi connectivity index (χ2n) is 4.97. The van der Waals surface area contributed by atoms with Crippen molar-refractivity contribution in [3.05, 3.63) is 71.2 Å². The first-order valence-electron chi connectivity index (χ1n) is 6.77. The molecule has 0 amide bonds. The van der Waals surface area contributed by atoms with E-state index in [1.807, 2.05) is 30.3 Å². The molecule has 0 bridgehead atoms. The fraction of sp³-hybridized carbons (Fsp3) is 0.111. The Morgan fingerprint density at radius 1 is 0.905 bits per heavy atom. The van der Waals surface area contributed by atoms with Crippen LogP contribution in [-0.4, -0.2) is 5.11 Å². The van der Waals surface area contributed by atoms with Gasteiger partial charge in [0.25, 0.3) is 0 Å². The number of halogens is 1. The standard InChI is InChI=1S/C18H15ClOS/c1-12(20)17-9-8-16(11-18(17)19)21-15-7-6-13-4-2-3-5-14(13)10-15/h2-12,20H,1H3. The quantitative estimate of drug-likeness (QED) is 0.669. The summed E-state index contributed by atoms with van der Waals surface area (Å²) in [6.45, 7) is 1.72. The Bertz CT molecular complexity index is 783. The Kier molecular flexibility index (Phi) is 4.20. The van der Waals surface area contributed by atoms with Gasteiger partial charge in [0.1, 0.15) is 0 Å². The zero-order chi connectivity index (χ0) is 14.8. The Hall–Kier alpha value is -1.48. The summed E-state index contributed by atoms with van der Waals surface area (Å²) in [4.78, 5) is 2.24. The summed E-state index contributed by atoms with van der Waals surface area (Å²) in [5.41, 5.74) is 0.763. The van der Waals surface area contributed by atoms with Crippen molar-refractivity contribution < 1.29 is 5.11 Å². The Balaban J connectivity index is 1.89. The molecule has 106 valence electrons. The molecule has 1 nitrogen and oxygen atoms in total. The Morgan fingerprint density at radius 2 is 1.57 bits per heavy atom. The van der Waals surface area contributed by atoms with Crippen molar-refractivity contribution in [2.45, 2.75) is 22.8 Å². The van der Waals surface area contributed by atoms with Crippen molar-refractivity contribution in [3.63, 3.8) is 0 Å². The zero-order valence-electron chi connectivity index (χ0n) is 11.6. The average Bonchev–Trinajstić information content (AvgIpc) is 2.47. The largest absolute Gasteiger partial charge is 0.389 e. The third kappa shape index (κ3) is 3.24. The van der Waals surface area contributed by atoms with Crippen LogP contribution >= 0.6 is 23.4 Å². The first-order chi connectivity index (χ1) is 10.1. The Morgan fingerprint density at radius 3 is 2.29 bits per heavy atom. The summed E-state index contributed by atoms with van der Waals surface area (Å²) in [7, 11) is 0. The topological polar surface area (TPSA) is 20.2 Å². The molecule has 0 radical (unpaired) electrons. The van der Waals surface area contributed by atoms with Crippen LogP contribution < -0.4 is 0 Å². The maximum absolute atomic E-state index is 9.61. The molecule has 21 heavy (non-hydrogen) atoms. The molecule has 0 fully saturated rings. The van der Waals surface area contributed by atoms with Gasteiger partial charge in [-0.25, -0.2) is 0 Å². The average molecular weight is 315 g/mol. The fourth-order valence-corrected chi connectivity index (χ4v) is 3.59. The van der Waals surface area contributed by atoms with Gasteiger partial charge in [-0.05, 0) is 47.5 Å². The van der Waals surface area contributed by atoms with Gasteiger partial charge in [0.15, 0.2) is 0 Å². The van der Waals surface area contributed by atoms with Crippen LogP contribution in [0, 0.1) is 0 Å². The van der Waals surface area contributed by atoms with E-state index in [0.29, 0.717) is 5.02 Å². The summed E-state index contributed by atoms with van der Waals surface area (Å²) in [6.07, 6.45) is -0.544. The van der Waals surface area contributed by atoms with Crippen LogP contribution in [0.25, 0.3) is 10.8 Å². The van der Waals surface area contributed by atoms with Gasteiger partial charge in [0.2, 0.25) is 0 Å². The second-order valence-corrected chi connectivity index (χ2v) is 6.52. The van der Waals surface area contributed by atoms with Crippen molar-refractivity contribution >= 4 is 34.1 Å². The predicted octanol–water partition coefficient (Wildman–Crippen LogP) is 5.70. The number of aliphatic hydroxyl groups is 1. The molecule has 0 saturated carbocycles. The number of hydrogen-bond donors (Lipinski definition) is 1. The summed E-state index contributed by atoms with van der Waals surface area (Å²) >= 11 is 7.88. The second kappa shape index (κ2) is 6.10. The normalized spacial score (nSPS) is 12.5. The maximum atomic E-state index is 9.61. The molecule has 0 aliphatic rings. The van der Waals surface area contributed by atoms with Crippen LogP contribution in [-0.2, 0) is 0 Å². The van der Waals surface area contributed by atoms with Crippen LogP contribution in [0.3, 0.4) is 0 Å². The van der Waals surface area contributed by atoms with Crippen molar-refractivity contribution in [1.82, 2.24) is 0 Å². The monoisotopic (exact) mass is 314 g/mol. The first kappa shape index (κ1) is 14.5. The fourth-order valence-electron chi connectivity index (χ4n) is 2.28. The molecular weight excluding hydrogens is 300 g/mol. The van der Waals surface area contributed by atoms with E-state index in [2.05, 4.69) is 30.3 Å². The molecule has 0 saturated heterocycles. The third-order valence-electron chi connectivity index (χ3n) is 3.38. The molecule has 0 spiro atoms. The van der Waals surface area contributed by atoms with Crippen molar-refractivity contribution in [2.24, 2.45) is 0 Å². The van der Waals surface area contributed by atoms with E-state index in [1.54, 1.807) is 18.7 Å². The molecule has 3 heteroatoms. The van der Waals surface area contributed by atoms with Crippen LogP contribution in [0.5, 0.6) is 0 Å². The molecule has 3 aromatic carbocycles. The lowest BCUT2D eigenvalue weighted by Crippen LogP contribution is -1.91. The minimum atomic E-state index is -0.544. The number of rotatable bonds is 3. The highest BCUT2D eigenvalue weighted by Gasteiger charge is 2.08. The number of fused-ring (bicyclic) bond motifs is 1. The van der Waals surface area contributed by atoms with E-state index >= 15 is 0 Å². The summed E-state index contributed by atoms with van der Waals surface area (Å²) in [5.74, 6) is 0. The molecule has 3 rings (SSSR count). The third-order valence-corrected chi connectivity index (χ3v) is 4.69. The minimum absolute atomic E-state index is 0.544. The zero-order valence-corrected chi connectivity index (χ0v) is 13.2. The summed E-state index contributed by atoms with van der Waals surface area (Å²) < 4.78 is 0. The minimum Gasteiger partial charge on any atom is -0.389 e. The summed E-state index contributed by atoms with van der Waals surface area (Å²) in [5, 5.41) is 12.7. The van der Waals surface area contributed by atoms with Gasteiger partial charge < -0.3 is 5.11 Å². The van der Waals surface area contributed by atoms with E-state index in [-0.39, 0.29) is 0 Å². The van der Waals surface area contributed by atoms with Gasteiger partial charge in [0.05, 0.1) is 6.10 Å². The summed E-state index contributed by atoms with van der Waals surface area (Å²) in [6, 6.07) is 20.5. The molecule has 1 atom stereocenters. The van der Waals surface area contributed by atoms with E-state index in [1.165, 1.54) is 15.7 Å². The van der Waals surface area contributed by atoms with Crippen LogP contribution in [0.15, 0.2) is 70.5 Å². The molecule has 1 unspecified atom stereocenters. The molecule has 0 aliphatic carbocycles. The van der Waals surface area contributed by atoms with Crippen molar-refractivity contribution in [1.29, 1.82) is 0 Å². The van der Waals surface area contributed by atoms with Crippen LogP contribution in [0.4, 0.5) is 0 Å². The van der Waals surface area contributed by atoms with E-state index in [0.717, 1.165) is 10.5 Å². The van der Waals surface area contributed by atoms with Crippen molar-refractivity contribution in [3.8, 4) is 0 Å². The molecule has 0 heterocycles. The first-order valence-corrected chi connectivity index (χ1v) is 7.97. The molecule has 0 aliphatic heterocycles. The van der Waals surface area contributed by atoms with Gasteiger partial charge in [-0.2, -0.15) is 0 Å². The predicted molar refractivity (Wildman–Crippen MR) is 90.2 cm³/mol. The lowest BCUT2D eigenvalue weighted by Gasteiger charge is -2.09. The van der Waals surface area contributed by atoms with Crippen molar-refractivity contribution in [2.75, 3.05) is 0 Å². The number of benzene rings is 3. The van der Waals surface area contributed by atoms with Gasteiger partial charge in [-0.3, -0.25) is 0 Å². The highest BCUT2D eigenvalue weighted by Crippen LogP contribution is 2.33. The van der Waals surface area contributed by atoms with Crippen LogP contribution in [0.1, 0.15) is 18.6 Å². The van der Waals surface area contributed by atoms with Gasteiger partial charge in [-0.15, -0.1) is 0 Å². The van der Waals surface area contributed by atoms with Gasteiger partial charge in [-0.1, -0.05) is 59.8 Å². The van der Waals surface area contributed by atoms with E-state index in [9.17, 15) is 5.11 Å². The number of aliphatic hydroxyl groups excluding tert-OH is 1. The molecule has 0 aromatic heterocycles. The highest BCUT2D eigenvalue weighted by molar-refractivity contribution is 7.99. The molecule has 3 aromatic rings. The van der Waals surface area contributed by atoms with E-state index in [4.69, 9.17) is 11.6 Å². The lowest BCUT2D eigenvalue weighted by molar-refractivity contribution is 0.199. The molecular formula is C18H15ClOS.